The van der Waals surface area contributed by atoms with Gasteiger partial charge in [0.05, 0.1) is 11.2 Å². The van der Waals surface area contributed by atoms with Gasteiger partial charge < -0.3 is 9.73 Å². The number of nitrogens with zero attached hydrogens (tertiary/aromatic N) is 2. The van der Waals surface area contributed by atoms with Crippen LogP contribution in [-0.2, 0) is 16.1 Å². The average Bonchev–Trinajstić information content (AvgIpc) is 3.28. The number of oxazole rings is 1. The summed E-state index contributed by atoms with van der Waals surface area (Å²) in [6, 6.07) is 6.93. The summed E-state index contributed by atoms with van der Waals surface area (Å²) in [5, 5.41) is 2.92. The van der Waals surface area contributed by atoms with E-state index in [1.165, 1.54) is 10.1 Å². The van der Waals surface area contributed by atoms with Gasteiger partial charge in [-0.15, -0.1) is 0 Å². The highest BCUT2D eigenvalue weighted by atomic mass is 16.4. The van der Waals surface area contributed by atoms with Gasteiger partial charge in [-0.3, -0.25) is 14.2 Å². The third kappa shape index (κ3) is 2.67. The fourth-order valence-electron chi connectivity index (χ4n) is 4.14. The predicted molar refractivity (Wildman–Crippen MR) is 103 cm³/mol. The maximum absolute atomic E-state index is 12.4. The van der Waals surface area contributed by atoms with Gasteiger partial charge in [0.25, 0.3) is 11.8 Å². The number of hydrogen-bond donors (Lipinski definition) is 1. The highest BCUT2D eigenvalue weighted by Crippen LogP contribution is 2.39. The summed E-state index contributed by atoms with van der Waals surface area (Å²) in [4.78, 5) is 40.8. The highest BCUT2D eigenvalue weighted by molar-refractivity contribution is 6.11. The first-order chi connectivity index (χ1) is 13.6. The lowest BCUT2D eigenvalue weighted by molar-refractivity contribution is -0.118. The summed E-state index contributed by atoms with van der Waals surface area (Å²) < 4.78 is 6.41. The molecule has 1 aromatic heterocycles. The SMILES string of the molecule is O=C(Cn1c(=O)oc2ccccc21)N=C1C=CC2C(=C1)NC(=O)C1=C2CCC1. The lowest BCUT2D eigenvalue weighted by Gasteiger charge is -2.28. The standard InChI is InChI=1S/C21H17N3O4/c25-19(11-24-17-6-1-2-7-18(17)28-21(24)27)22-12-8-9-14-13-4-3-5-15(13)20(26)23-16(14)10-12/h1-2,6-10,14H,3-5,11H2,(H,23,26). The van der Waals surface area contributed by atoms with Crippen molar-refractivity contribution in [3.63, 3.8) is 0 Å². The fourth-order valence-corrected chi connectivity index (χ4v) is 4.14. The number of hydrogen-bond acceptors (Lipinski definition) is 4. The number of allylic oxidation sites excluding steroid dienone is 3. The number of rotatable bonds is 2. The molecule has 0 saturated carbocycles. The Hall–Kier alpha value is -3.48. The number of aromatic nitrogens is 1. The van der Waals surface area contributed by atoms with Crippen LogP contribution < -0.4 is 11.1 Å². The van der Waals surface area contributed by atoms with Gasteiger partial charge in [-0.1, -0.05) is 18.2 Å². The lowest BCUT2D eigenvalue weighted by atomic mass is 9.85. The Labute approximate surface area is 159 Å². The normalized spacial score (nSPS) is 22.3. The van der Waals surface area contributed by atoms with Crippen LogP contribution in [0, 0.1) is 5.92 Å². The summed E-state index contributed by atoms with van der Waals surface area (Å²) in [6.45, 7) is -0.207. The van der Waals surface area contributed by atoms with Crippen LogP contribution in [0.2, 0.25) is 0 Å². The van der Waals surface area contributed by atoms with Gasteiger partial charge in [0.1, 0.15) is 6.54 Å². The van der Waals surface area contributed by atoms with Crippen molar-refractivity contribution in [2.75, 3.05) is 0 Å². The molecule has 2 heterocycles. The van der Waals surface area contributed by atoms with Gasteiger partial charge in [0.15, 0.2) is 5.58 Å². The Morgan fingerprint density at radius 1 is 1.25 bits per heavy atom. The molecule has 5 rings (SSSR count). The van der Waals surface area contributed by atoms with E-state index >= 15 is 0 Å². The summed E-state index contributed by atoms with van der Waals surface area (Å²) >= 11 is 0. The van der Waals surface area contributed by atoms with Crippen molar-refractivity contribution in [1.82, 2.24) is 9.88 Å². The maximum atomic E-state index is 12.4. The molecule has 0 saturated heterocycles. The Morgan fingerprint density at radius 2 is 2.11 bits per heavy atom. The summed E-state index contributed by atoms with van der Waals surface area (Å²) in [6.07, 6.45) is 8.26. The van der Waals surface area contributed by atoms with Crippen molar-refractivity contribution in [2.45, 2.75) is 25.8 Å². The first-order valence-corrected chi connectivity index (χ1v) is 9.23. The maximum Gasteiger partial charge on any atom is 0.420 e. The van der Waals surface area contributed by atoms with Gasteiger partial charge in [-0.2, -0.15) is 0 Å². The van der Waals surface area contributed by atoms with Crippen molar-refractivity contribution in [3.8, 4) is 0 Å². The number of carbonyl (C=O) groups is 2. The number of fused-ring (bicyclic) bond motifs is 3. The third-order valence-corrected chi connectivity index (χ3v) is 5.39. The van der Waals surface area contributed by atoms with Gasteiger partial charge in [-0.25, -0.2) is 9.79 Å². The molecule has 28 heavy (non-hydrogen) atoms. The summed E-state index contributed by atoms with van der Waals surface area (Å²) in [5.41, 5.74) is 4.27. The molecule has 1 atom stereocenters. The summed E-state index contributed by atoms with van der Waals surface area (Å²) in [7, 11) is 0. The van der Waals surface area contributed by atoms with Gasteiger partial charge >= 0.3 is 5.76 Å². The molecule has 0 bridgehead atoms. The zero-order valence-corrected chi connectivity index (χ0v) is 15.0. The predicted octanol–water partition coefficient (Wildman–Crippen LogP) is 2.24. The van der Waals surface area contributed by atoms with E-state index in [-0.39, 0.29) is 18.4 Å². The van der Waals surface area contributed by atoms with E-state index in [4.69, 9.17) is 4.42 Å². The molecular formula is C21H17N3O4. The molecule has 1 aromatic carbocycles. The minimum absolute atomic E-state index is 0.0487. The molecule has 140 valence electrons. The van der Waals surface area contributed by atoms with Crippen LogP contribution in [0.5, 0.6) is 0 Å². The van der Waals surface area contributed by atoms with Crippen LogP contribution in [0.3, 0.4) is 0 Å². The minimum Gasteiger partial charge on any atom is -0.408 e. The Bertz CT molecular complexity index is 1210. The highest BCUT2D eigenvalue weighted by Gasteiger charge is 2.34. The molecule has 1 N–H and O–H groups in total. The topological polar surface area (TPSA) is 93.7 Å². The Kier molecular flexibility index (Phi) is 3.75. The zero-order valence-electron chi connectivity index (χ0n) is 15.0. The van der Waals surface area contributed by atoms with E-state index in [0.717, 1.165) is 30.5 Å². The van der Waals surface area contributed by atoms with E-state index in [2.05, 4.69) is 10.3 Å². The number of para-hydroxylation sites is 2. The summed E-state index contributed by atoms with van der Waals surface area (Å²) in [5.74, 6) is -1.05. The smallest absolute Gasteiger partial charge is 0.408 e. The largest absolute Gasteiger partial charge is 0.420 e. The Morgan fingerprint density at radius 3 is 3.00 bits per heavy atom. The first kappa shape index (κ1) is 16.7. The van der Waals surface area contributed by atoms with Crippen LogP contribution >= 0.6 is 0 Å². The molecule has 0 fully saturated rings. The molecular weight excluding hydrogens is 358 g/mol. The zero-order chi connectivity index (χ0) is 19.3. The van der Waals surface area contributed by atoms with Gasteiger partial charge in [-0.05, 0) is 49.1 Å². The van der Waals surface area contributed by atoms with Crippen molar-refractivity contribution in [1.29, 1.82) is 0 Å². The van der Waals surface area contributed by atoms with E-state index in [0.29, 0.717) is 16.8 Å². The van der Waals surface area contributed by atoms with E-state index in [1.54, 1.807) is 36.4 Å². The second kappa shape index (κ2) is 6.30. The van der Waals surface area contributed by atoms with Gasteiger partial charge in [0.2, 0.25) is 0 Å². The second-order valence-corrected chi connectivity index (χ2v) is 7.10. The molecule has 7 heteroatoms. The van der Waals surface area contributed by atoms with Crippen LogP contribution in [0.4, 0.5) is 0 Å². The second-order valence-electron chi connectivity index (χ2n) is 7.10. The monoisotopic (exact) mass is 375 g/mol. The molecule has 2 aromatic rings. The number of carbonyl (C=O) groups excluding carboxylic acids is 2. The lowest BCUT2D eigenvalue weighted by Crippen LogP contribution is -2.35. The molecule has 0 radical (unpaired) electrons. The number of benzene rings is 1. The van der Waals surface area contributed by atoms with Crippen molar-refractivity contribution >= 4 is 28.6 Å². The molecule has 2 aliphatic carbocycles. The van der Waals surface area contributed by atoms with Crippen LogP contribution in [0.1, 0.15) is 19.3 Å². The molecule has 2 amide bonds. The fraction of sp³-hybridized carbons (Fsp3) is 0.238. The number of nitrogens with one attached hydrogen (secondary N) is 1. The molecule has 1 aliphatic heterocycles. The van der Waals surface area contributed by atoms with E-state index < -0.39 is 11.7 Å². The third-order valence-electron chi connectivity index (χ3n) is 5.39. The van der Waals surface area contributed by atoms with E-state index in [9.17, 15) is 14.4 Å². The van der Waals surface area contributed by atoms with Crippen LogP contribution in [0.25, 0.3) is 11.1 Å². The first-order valence-electron chi connectivity index (χ1n) is 9.23. The van der Waals surface area contributed by atoms with Gasteiger partial charge in [0, 0.05) is 17.2 Å². The molecule has 3 aliphatic rings. The average molecular weight is 375 g/mol. The minimum atomic E-state index is -0.590. The van der Waals surface area contributed by atoms with Crippen LogP contribution in [0.15, 0.2) is 73.5 Å². The van der Waals surface area contributed by atoms with Crippen molar-refractivity contribution in [3.05, 3.63) is 69.9 Å². The number of amides is 2. The Balaban J connectivity index is 1.41. The molecule has 0 spiro atoms. The molecule has 1 unspecified atom stereocenters. The van der Waals surface area contributed by atoms with Crippen molar-refractivity contribution < 1.29 is 14.0 Å². The van der Waals surface area contributed by atoms with Crippen LogP contribution in [-0.4, -0.2) is 22.1 Å². The van der Waals surface area contributed by atoms with E-state index in [1.807, 2.05) is 6.08 Å². The molecule has 7 nitrogen and oxygen atoms in total. The quantitative estimate of drug-likeness (QED) is 0.871. The number of aliphatic imine (C=N–C) groups is 1. The van der Waals surface area contributed by atoms with Crippen molar-refractivity contribution in [2.24, 2.45) is 10.9 Å².